The highest BCUT2D eigenvalue weighted by Crippen LogP contribution is 2.00. The summed E-state index contributed by atoms with van der Waals surface area (Å²) in [5.74, 6) is 0.0355. The van der Waals surface area contributed by atoms with Crippen LogP contribution >= 0.6 is 12.4 Å². The zero-order valence-electron chi connectivity index (χ0n) is 10.6. The van der Waals surface area contributed by atoms with E-state index in [-0.39, 0.29) is 18.3 Å². The maximum Gasteiger partial charge on any atom is 0.222 e. The Kier molecular flexibility index (Phi) is 10.3. The van der Waals surface area contributed by atoms with Crippen molar-refractivity contribution in [2.45, 2.75) is 13.0 Å². The number of benzene rings is 1. The van der Waals surface area contributed by atoms with E-state index in [4.69, 9.17) is 4.74 Å². The van der Waals surface area contributed by atoms with Gasteiger partial charge in [-0.05, 0) is 12.6 Å². The molecule has 0 bridgehead atoms. The van der Waals surface area contributed by atoms with Crippen molar-refractivity contribution in [3.05, 3.63) is 35.9 Å². The van der Waals surface area contributed by atoms with Gasteiger partial charge in [-0.15, -0.1) is 12.4 Å². The number of nitrogens with one attached hydrogen (secondary N) is 2. The molecule has 0 aromatic heterocycles. The van der Waals surface area contributed by atoms with Gasteiger partial charge < -0.3 is 15.4 Å². The first kappa shape index (κ1) is 16.9. The van der Waals surface area contributed by atoms with Gasteiger partial charge in [0.1, 0.15) is 0 Å². The monoisotopic (exact) mass is 272 g/mol. The molecule has 0 saturated heterocycles. The molecule has 4 nitrogen and oxygen atoms in total. The molecule has 1 rings (SSSR count). The topological polar surface area (TPSA) is 50.4 Å². The summed E-state index contributed by atoms with van der Waals surface area (Å²) in [6, 6.07) is 9.94. The molecule has 1 aromatic rings. The van der Waals surface area contributed by atoms with E-state index in [0.717, 1.165) is 12.1 Å². The molecule has 0 radical (unpaired) electrons. The summed E-state index contributed by atoms with van der Waals surface area (Å²) in [5.41, 5.74) is 1.13. The first-order valence-electron chi connectivity index (χ1n) is 5.86. The summed E-state index contributed by atoms with van der Waals surface area (Å²) in [6.45, 7) is 2.47. The van der Waals surface area contributed by atoms with Gasteiger partial charge in [-0.3, -0.25) is 4.79 Å². The van der Waals surface area contributed by atoms with E-state index in [1.54, 1.807) is 0 Å². The van der Waals surface area contributed by atoms with Crippen molar-refractivity contribution in [2.24, 2.45) is 0 Å². The zero-order chi connectivity index (χ0) is 12.3. The summed E-state index contributed by atoms with van der Waals surface area (Å²) >= 11 is 0. The normalized spacial score (nSPS) is 9.61. The Labute approximate surface area is 115 Å². The van der Waals surface area contributed by atoms with Crippen LogP contribution in [0.5, 0.6) is 0 Å². The van der Waals surface area contributed by atoms with Crippen molar-refractivity contribution in [3.63, 3.8) is 0 Å². The van der Waals surface area contributed by atoms with Crippen LogP contribution in [0.4, 0.5) is 0 Å². The molecule has 1 amide bonds. The van der Waals surface area contributed by atoms with Crippen LogP contribution in [0.1, 0.15) is 12.0 Å². The number of halogens is 1. The minimum absolute atomic E-state index is 0. The van der Waals surface area contributed by atoms with Gasteiger partial charge in [0.25, 0.3) is 0 Å². The number of rotatable bonds is 8. The Bertz CT molecular complexity index is 320. The van der Waals surface area contributed by atoms with Crippen molar-refractivity contribution in [1.82, 2.24) is 10.6 Å². The average Bonchev–Trinajstić information content (AvgIpc) is 2.36. The average molecular weight is 273 g/mol. The van der Waals surface area contributed by atoms with Gasteiger partial charge >= 0.3 is 0 Å². The molecule has 0 heterocycles. The van der Waals surface area contributed by atoms with E-state index < -0.39 is 0 Å². The zero-order valence-corrected chi connectivity index (χ0v) is 11.5. The molecule has 0 saturated carbocycles. The van der Waals surface area contributed by atoms with Crippen LogP contribution < -0.4 is 10.6 Å². The van der Waals surface area contributed by atoms with E-state index in [1.807, 2.05) is 37.4 Å². The van der Waals surface area contributed by atoms with Crippen molar-refractivity contribution < 1.29 is 9.53 Å². The minimum Gasteiger partial charge on any atom is -0.376 e. The molecule has 2 N–H and O–H groups in total. The fourth-order valence-electron chi connectivity index (χ4n) is 1.34. The SMILES string of the molecule is CNCCNC(=O)CCOCc1ccccc1.Cl. The van der Waals surface area contributed by atoms with Gasteiger partial charge in [-0.1, -0.05) is 30.3 Å². The lowest BCUT2D eigenvalue weighted by Crippen LogP contribution is -2.30. The van der Waals surface area contributed by atoms with Crippen molar-refractivity contribution in [2.75, 3.05) is 26.7 Å². The van der Waals surface area contributed by atoms with Crippen LogP contribution in [0.3, 0.4) is 0 Å². The van der Waals surface area contributed by atoms with E-state index in [0.29, 0.717) is 26.2 Å². The number of amides is 1. The van der Waals surface area contributed by atoms with Crippen molar-refractivity contribution >= 4 is 18.3 Å². The third kappa shape index (κ3) is 8.06. The van der Waals surface area contributed by atoms with Gasteiger partial charge in [-0.2, -0.15) is 0 Å². The minimum atomic E-state index is 0. The predicted molar refractivity (Wildman–Crippen MR) is 74.9 cm³/mol. The third-order valence-corrected chi connectivity index (χ3v) is 2.28. The third-order valence-electron chi connectivity index (χ3n) is 2.28. The number of likely N-dealkylation sites (N-methyl/N-ethyl adjacent to an activating group) is 1. The maximum atomic E-state index is 11.3. The number of carbonyl (C=O) groups is 1. The first-order chi connectivity index (χ1) is 8.33. The Balaban J connectivity index is 0.00000289. The highest BCUT2D eigenvalue weighted by atomic mass is 35.5. The fraction of sp³-hybridized carbons (Fsp3) is 0.462. The second-order valence-electron chi connectivity index (χ2n) is 3.74. The van der Waals surface area contributed by atoms with Crippen LogP contribution in [0.2, 0.25) is 0 Å². The molecular formula is C13H21ClN2O2. The number of ether oxygens (including phenoxy) is 1. The van der Waals surface area contributed by atoms with Gasteiger partial charge in [0.2, 0.25) is 5.91 Å². The second kappa shape index (κ2) is 11.0. The highest BCUT2D eigenvalue weighted by Gasteiger charge is 2.00. The van der Waals surface area contributed by atoms with Crippen molar-refractivity contribution in [3.8, 4) is 0 Å². The van der Waals surface area contributed by atoms with Crippen LogP contribution in [0.25, 0.3) is 0 Å². The van der Waals surface area contributed by atoms with Crippen LogP contribution in [-0.4, -0.2) is 32.7 Å². The molecule has 102 valence electrons. The summed E-state index contributed by atoms with van der Waals surface area (Å²) in [7, 11) is 1.86. The summed E-state index contributed by atoms with van der Waals surface area (Å²) in [5, 5.41) is 5.77. The van der Waals surface area contributed by atoms with Gasteiger partial charge in [0, 0.05) is 19.5 Å². The smallest absolute Gasteiger partial charge is 0.222 e. The number of hydrogen-bond donors (Lipinski definition) is 2. The van der Waals surface area contributed by atoms with Crippen LogP contribution in [0.15, 0.2) is 30.3 Å². The highest BCUT2D eigenvalue weighted by molar-refractivity contribution is 5.85. The van der Waals surface area contributed by atoms with E-state index in [9.17, 15) is 4.79 Å². The van der Waals surface area contributed by atoms with E-state index in [1.165, 1.54) is 0 Å². The first-order valence-corrected chi connectivity index (χ1v) is 5.86. The summed E-state index contributed by atoms with van der Waals surface area (Å²) in [6.07, 6.45) is 0.413. The lowest BCUT2D eigenvalue weighted by molar-refractivity contribution is -0.122. The molecular weight excluding hydrogens is 252 g/mol. The van der Waals surface area contributed by atoms with E-state index in [2.05, 4.69) is 10.6 Å². The molecule has 0 spiro atoms. The standard InChI is InChI=1S/C13H20N2O2.ClH/c1-14-8-9-15-13(16)7-10-17-11-12-5-3-2-4-6-12;/h2-6,14H,7-11H2,1H3,(H,15,16);1H. The number of carbonyl (C=O) groups excluding carboxylic acids is 1. The summed E-state index contributed by atoms with van der Waals surface area (Å²) < 4.78 is 5.42. The quantitative estimate of drug-likeness (QED) is 0.703. The lowest BCUT2D eigenvalue weighted by Gasteiger charge is -2.06. The Morgan fingerprint density at radius 3 is 2.61 bits per heavy atom. The van der Waals surface area contributed by atoms with Gasteiger partial charge in [0.05, 0.1) is 13.2 Å². The van der Waals surface area contributed by atoms with Crippen LogP contribution in [0, 0.1) is 0 Å². The molecule has 0 aliphatic heterocycles. The summed E-state index contributed by atoms with van der Waals surface area (Å²) in [4.78, 5) is 11.3. The molecule has 0 atom stereocenters. The predicted octanol–water partition coefficient (Wildman–Crippen LogP) is 1.35. The lowest BCUT2D eigenvalue weighted by atomic mass is 10.2. The maximum absolute atomic E-state index is 11.3. The Morgan fingerprint density at radius 1 is 1.22 bits per heavy atom. The molecule has 0 aliphatic rings. The van der Waals surface area contributed by atoms with Crippen LogP contribution in [-0.2, 0) is 16.1 Å². The largest absolute Gasteiger partial charge is 0.376 e. The molecule has 0 fully saturated rings. The molecule has 5 heteroatoms. The molecule has 0 aliphatic carbocycles. The number of hydrogen-bond acceptors (Lipinski definition) is 3. The van der Waals surface area contributed by atoms with Crippen molar-refractivity contribution in [1.29, 1.82) is 0 Å². The van der Waals surface area contributed by atoms with Gasteiger partial charge in [0.15, 0.2) is 0 Å². The molecule has 0 unspecified atom stereocenters. The van der Waals surface area contributed by atoms with Gasteiger partial charge in [-0.25, -0.2) is 0 Å². The second-order valence-corrected chi connectivity index (χ2v) is 3.74. The molecule has 1 aromatic carbocycles. The Hall–Kier alpha value is -1.10. The fourth-order valence-corrected chi connectivity index (χ4v) is 1.34. The Morgan fingerprint density at radius 2 is 1.94 bits per heavy atom. The van der Waals surface area contributed by atoms with E-state index >= 15 is 0 Å². The molecule has 18 heavy (non-hydrogen) atoms.